The van der Waals surface area contributed by atoms with Gasteiger partial charge in [-0.15, -0.1) is 0 Å². The molecule has 0 bridgehead atoms. The van der Waals surface area contributed by atoms with Crippen LogP contribution < -0.4 is 0 Å². The first-order valence-corrected chi connectivity index (χ1v) is 2.60. The van der Waals surface area contributed by atoms with Crippen molar-refractivity contribution in [2.24, 2.45) is 0 Å². The van der Waals surface area contributed by atoms with Crippen LogP contribution in [0.25, 0.3) is 0 Å². The van der Waals surface area contributed by atoms with E-state index in [9.17, 15) is 0 Å². The molecular formula is H6KN2O4P. The van der Waals surface area contributed by atoms with E-state index in [4.69, 9.17) is 30.3 Å². The van der Waals surface area contributed by atoms with Gasteiger partial charge in [0.25, 0.3) is 0 Å². The zero-order valence-electron chi connectivity index (χ0n) is 3.20. The molecule has 0 radical (unpaired) electrons. The zero-order valence-corrected chi connectivity index (χ0v) is 4.09. The summed E-state index contributed by atoms with van der Waals surface area (Å²) < 4.78 is 8.88. The second-order valence-corrected chi connectivity index (χ2v) is 1.54. The van der Waals surface area contributed by atoms with Crippen LogP contribution in [0.2, 0.25) is 0 Å². The average Bonchev–Trinajstić information content (AvgIpc) is 1.36. The third-order valence-corrected chi connectivity index (χ3v) is 0. The number of hydrogen-bond donors (Lipinski definition) is 5. The van der Waals surface area contributed by atoms with E-state index >= 15 is 0 Å². The third kappa shape index (κ3) is 163. The van der Waals surface area contributed by atoms with E-state index in [1.165, 1.54) is 0 Å². The second kappa shape index (κ2) is 8.35. The molecule has 8 heavy (non-hydrogen) atoms. The Hall–Kier alpha value is 1.35. The van der Waals surface area contributed by atoms with E-state index in [1.54, 1.807) is 0 Å². The maximum atomic E-state index is 8.88. The fourth-order valence-electron chi connectivity index (χ4n) is 0. The summed E-state index contributed by atoms with van der Waals surface area (Å²) in [5.41, 5.74) is 10.0. The van der Waals surface area contributed by atoms with Crippen LogP contribution in [0.15, 0.2) is 0 Å². The van der Waals surface area contributed by atoms with E-state index in [2.05, 4.69) is 0 Å². The first kappa shape index (κ1) is 16.2. The van der Waals surface area contributed by atoms with E-state index in [-0.39, 0.29) is 51.4 Å². The van der Waals surface area contributed by atoms with Crippen molar-refractivity contribution in [2.45, 2.75) is 0 Å². The molecule has 0 unspecified atom stereocenters. The zero-order chi connectivity index (χ0) is 6.50. The molecule has 0 saturated heterocycles. The number of nitrogens with one attached hydrogen (secondary N) is 2. The summed E-state index contributed by atoms with van der Waals surface area (Å²) in [5, 5.41) is 0. The maximum absolute atomic E-state index is 8.88. The topological polar surface area (TPSA) is 125 Å². The van der Waals surface area contributed by atoms with Crippen LogP contribution >= 0.6 is 7.82 Å². The van der Waals surface area contributed by atoms with Gasteiger partial charge >= 0.3 is 59.2 Å². The van der Waals surface area contributed by atoms with Crippen LogP contribution in [0.1, 0.15) is 0 Å². The number of rotatable bonds is 0. The van der Waals surface area contributed by atoms with Gasteiger partial charge in [0.2, 0.25) is 0 Å². The standard InChI is InChI=1S/K.H2N2.H3O4P.H/c;1-2;1-5(2,3)4;/h;1-2H;(H3,1,2,3,4);. The van der Waals surface area contributed by atoms with Crippen LogP contribution in [-0.4, -0.2) is 66.1 Å². The quantitative estimate of drug-likeness (QED) is 0.181. The summed E-state index contributed by atoms with van der Waals surface area (Å²) in [6.45, 7) is 0. The Morgan fingerprint density at radius 2 is 1.12 bits per heavy atom. The molecule has 46 valence electrons. The van der Waals surface area contributed by atoms with Gasteiger partial charge in [-0.05, 0) is 0 Å². The molecule has 0 fully saturated rings. The molecule has 0 rings (SSSR count). The van der Waals surface area contributed by atoms with Gasteiger partial charge in [-0.1, -0.05) is 0 Å². The fraction of sp³-hybridized carbons (Fsp3) is 0. The molecule has 8 heteroatoms. The molecule has 6 nitrogen and oxygen atoms in total. The van der Waals surface area contributed by atoms with Crippen molar-refractivity contribution in [1.29, 1.82) is 11.1 Å². The Morgan fingerprint density at radius 1 is 1.12 bits per heavy atom. The van der Waals surface area contributed by atoms with Crippen molar-refractivity contribution in [2.75, 3.05) is 0 Å². The van der Waals surface area contributed by atoms with E-state index in [0.717, 1.165) is 0 Å². The van der Waals surface area contributed by atoms with Crippen molar-refractivity contribution >= 4 is 59.2 Å². The Bertz CT molecular complexity index is 69.8. The number of hydrogen-bond acceptors (Lipinski definition) is 3. The predicted molar refractivity (Wildman–Crippen MR) is 26.9 cm³/mol. The van der Waals surface area contributed by atoms with Gasteiger partial charge in [-0.25, -0.2) is 15.6 Å². The van der Waals surface area contributed by atoms with Gasteiger partial charge < -0.3 is 14.7 Å². The van der Waals surface area contributed by atoms with Crippen molar-refractivity contribution in [3.63, 3.8) is 0 Å². The van der Waals surface area contributed by atoms with Gasteiger partial charge in [-0.2, -0.15) is 0 Å². The summed E-state index contributed by atoms with van der Waals surface area (Å²) in [4.78, 5) is 21.6. The predicted octanol–water partition coefficient (Wildman–Crippen LogP) is -0.981. The molecule has 0 spiro atoms. The van der Waals surface area contributed by atoms with Gasteiger partial charge in [0.1, 0.15) is 0 Å². The summed E-state index contributed by atoms with van der Waals surface area (Å²) in [6, 6.07) is 0. The van der Waals surface area contributed by atoms with Gasteiger partial charge in [-0.3, -0.25) is 0 Å². The molecule has 0 aliphatic carbocycles. The van der Waals surface area contributed by atoms with Crippen LogP contribution in [0.3, 0.4) is 0 Å². The summed E-state index contributed by atoms with van der Waals surface area (Å²) in [7, 11) is -4.64. The minimum absolute atomic E-state index is 0. The summed E-state index contributed by atoms with van der Waals surface area (Å²) in [6.07, 6.45) is 0. The fourth-order valence-corrected chi connectivity index (χ4v) is 0. The summed E-state index contributed by atoms with van der Waals surface area (Å²) >= 11 is 0. The van der Waals surface area contributed by atoms with E-state index in [0.29, 0.717) is 0 Å². The SMILES string of the molecule is N=N.O=P(O)(O)O.[KH]. The van der Waals surface area contributed by atoms with Crippen LogP contribution in [-0.2, 0) is 4.57 Å². The van der Waals surface area contributed by atoms with Crippen LogP contribution in [0.5, 0.6) is 0 Å². The van der Waals surface area contributed by atoms with Gasteiger partial charge in [0, 0.05) is 0 Å². The molecule has 0 heterocycles. The second-order valence-electron chi connectivity index (χ2n) is 0.513. The third-order valence-electron chi connectivity index (χ3n) is 0. The van der Waals surface area contributed by atoms with Crippen molar-refractivity contribution < 1.29 is 19.2 Å². The Morgan fingerprint density at radius 3 is 1.12 bits per heavy atom. The monoisotopic (exact) mass is 168 g/mol. The minimum atomic E-state index is -4.64. The molecule has 0 aliphatic rings. The van der Waals surface area contributed by atoms with Crippen molar-refractivity contribution in [1.82, 2.24) is 0 Å². The molecular weight excluding hydrogens is 162 g/mol. The Kier molecular flexibility index (Phi) is 16.9. The van der Waals surface area contributed by atoms with Crippen LogP contribution in [0, 0.1) is 11.1 Å². The average molecular weight is 168 g/mol. The molecule has 0 aliphatic heterocycles. The first-order valence-electron chi connectivity index (χ1n) is 1.03. The molecule has 5 N–H and O–H groups in total. The van der Waals surface area contributed by atoms with Gasteiger partial charge in [0.15, 0.2) is 0 Å². The summed E-state index contributed by atoms with van der Waals surface area (Å²) in [5.74, 6) is 0. The Labute approximate surface area is 88.3 Å². The van der Waals surface area contributed by atoms with E-state index in [1.807, 2.05) is 0 Å². The Balaban J connectivity index is -0.0000000750. The molecule has 0 aromatic carbocycles. The molecule has 0 saturated carbocycles. The molecule has 0 aromatic heterocycles. The molecule has 0 atom stereocenters. The van der Waals surface area contributed by atoms with Crippen molar-refractivity contribution in [3.8, 4) is 0 Å². The van der Waals surface area contributed by atoms with Crippen LogP contribution in [0.4, 0.5) is 0 Å². The number of phosphoric acid groups is 1. The first-order chi connectivity index (χ1) is 3.00. The van der Waals surface area contributed by atoms with Crippen molar-refractivity contribution in [3.05, 3.63) is 0 Å². The molecule has 0 aromatic rings. The van der Waals surface area contributed by atoms with Gasteiger partial charge in [0.05, 0.1) is 0 Å². The van der Waals surface area contributed by atoms with E-state index < -0.39 is 7.82 Å². The normalized spacial score (nSPS) is 7.88. The molecule has 0 amide bonds.